The van der Waals surface area contributed by atoms with Gasteiger partial charge in [0.1, 0.15) is 11.6 Å². The van der Waals surface area contributed by atoms with E-state index in [2.05, 4.69) is 21.1 Å². The second kappa shape index (κ2) is 9.99. The van der Waals surface area contributed by atoms with Gasteiger partial charge in [-0.1, -0.05) is 29.8 Å². The number of thiazole rings is 1. The van der Waals surface area contributed by atoms with Crippen molar-refractivity contribution in [2.24, 2.45) is 11.7 Å². The minimum atomic E-state index is -0.386. The van der Waals surface area contributed by atoms with Gasteiger partial charge in [-0.05, 0) is 60.2 Å². The Labute approximate surface area is 193 Å². The highest BCUT2D eigenvalue weighted by Gasteiger charge is 2.26. The molecule has 4 N–H and O–H groups in total. The Balaban J connectivity index is 1.46. The average Bonchev–Trinajstić information content (AvgIpc) is 3.28. The second-order valence-corrected chi connectivity index (χ2v) is 9.35. The zero-order valence-electron chi connectivity index (χ0n) is 16.4. The maximum atomic E-state index is 14.6. The van der Waals surface area contributed by atoms with Crippen LogP contribution >= 0.6 is 34.9 Å². The Kier molecular flexibility index (Phi) is 7.12. The lowest BCUT2D eigenvalue weighted by Crippen LogP contribution is -2.37. The van der Waals surface area contributed by atoms with Crippen LogP contribution in [0.15, 0.2) is 58.9 Å². The van der Waals surface area contributed by atoms with Crippen LogP contribution in [0.25, 0.3) is 5.57 Å². The van der Waals surface area contributed by atoms with Crippen LogP contribution in [0.2, 0.25) is 5.02 Å². The van der Waals surface area contributed by atoms with E-state index in [-0.39, 0.29) is 23.6 Å². The number of nitrogens with zero attached hydrogens (tertiary/aromatic N) is 1. The summed E-state index contributed by atoms with van der Waals surface area (Å²) in [6.07, 6.45) is 5.55. The van der Waals surface area contributed by atoms with Crippen LogP contribution < -0.4 is 15.8 Å². The Morgan fingerprint density at radius 1 is 1.23 bits per heavy atom. The van der Waals surface area contributed by atoms with Crippen molar-refractivity contribution in [1.82, 2.24) is 4.98 Å². The number of halogens is 3. The molecule has 0 bridgehead atoms. The van der Waals surface area contributed by atoms with Crippen LogP contribution in [0, 0.1) is 17.6 Å². The number of allylic oxidation sites excluding steroid dienone is 1. The summed E-state index contributed by atoms with van der Waals surface area (Å²) in [7, 11) is 0. The fraction of sp³-hybridized carbons (Fsp3) is 0.227. The van der Waals surface area contributed by atoms with Gasteiger partial charge >= 0.3 is 0 Å². The molecule has 4 nitrogen and oxygen atoms in total. The minimum absolute atomic E-state index is 0.000963. The highest BCUT2D eigenvalue weighted by atomic mass is 35.5. The van der Waals surface area contributed by atoms with Crippen molar-refractivity contribution in [2.45, 2.75) is 23.8 Å². The van der Waals surface area contributed by atoms with Gasteiger partial charge in [0.15, 0.2) is 5.13 Å². The van der Waals surface area contributed by atoms with E-state index < -0.39 is 0 Å². The third-order valence-electron chi connectivity index (χ3n) is 5.17. The van der Waals surface area contributed by atoms with Gasteiger partial charge in [0, 0.05) is 30.1 Å². The first-order chi connectivity index (χ1) is 15.0. The molecule has 0 saturated heterocycles. The smallest absolute Gasteiger partial charge is 0.192 e. The quantitative estimate of drug-likeness (QED) is 0.342. The molecule has 3 aromatic rings. The molecule has 1 aliphatic carbocycles. The molecule has 0 aliphatic heterocycles. The molecule has 0 radical (unpaired) electrons. The number of nitrogens with two attached hydrogens (primary N) is 1. The molecule has 9 heteroatoms. The number of anilines is 2. The van der Waals surface area contributed by atoms with E-state index in [4.69, 9.17) is 17.3 Å². The lowest BCUT2D eigenvalue weighted by atomic mass is 9.80. The molecule has 1 heterocycles. The van der Waals surface area contributed by atoms with Crippen LogP contribution in [0.3, 0.4) is 0 Å². The first kappa shape index (κ1) is 22.1. The molecule has 0 fully saturated rings. The Bertz CT molecular complexity index is 1060. The Morgan fingerprint density at radius 2 is 2.03 bits per heavy atom. The van der Waals surface area contributed by atoms with Gasteiger partial charge in [-0.3, -0.25) is 0 Å². The topological polar surface area (TPSA) is 63.0 Å². The lowest BCUT2D eigenvalue weighted by molar-refractivity contribution is 0.486. The van der Waals surface area contributed by atoms with Crippen LogP contribution in [0.4, 0.5) is 19.6 Å². The number of hydrogen-bond donors (Lipinski definition) is 3. The van der Waals surface area contributed by atoms with Crippen molar-refractivity contribution in [3.05, 3.63) is 76.3 Å². The number of nitrogens with one attached hydrogen (secondary N) is 2. The molecule has 1 aromatic heterocycles. The molecule has 0 saturated carbocycles. The molecule has 2 unspecified atom stereocenters. The Morgan fingerprint density at radius 3 is 2.77 bits per heavy atom. The summed E-state index contributed by atoms with van der Waals surface area (Å²) in [6, 6.07) is 9.34. The van der Waals surface area contributed by atoms with E-state index in [1.165, 1.54) is 29.5 Å². The van der Waals surface area contributed by atoms with Gasteiger partial charge in [-0.25, -0.2) is 13.8 Å². The molecular weight excluding hydrogens is 458 g/mol. The van der Waals surface area contributed by atoms with E-state index in [0.29, 0.717) is 27.3 Å². The van der Waals surface area contributed by atoms with Crippen LogP contribution in [0.5, 0.6) is 0 Å². The first-order valence-electron chi connectivity index (χ1n) is 9.78. The van der Waals surface area contributed by atoms with Gasteiger partial charge in [0.25, 0.3) is 0 Å². The van der Waals surface area contributed by atoms with Gasteiger partial charge in [-0.15, -0.1) is 11.3 Å². The van der Waals surface area contributed by atoms with Crippen molar-refractivity contribution in [3.63, 3.8) is 0 Å². The molecular formula is C22H21ClF2N4S2. The average molecular weight is 479 g/mol. The molecule has 162 valence electrons. The second-order valence-electron chi connectivity index (χ2n) is 7.20. The van der Waals surface area contributed by atoms with Crippen molar-refractivity contribution in [3.8, 4) is 0 Å². The van der Waals surface area contributed by atoms with E-state index in [0.717, 1.165) is 35.9 Å². The third kappa shape index (κ3) is 5.38. The largest absolute Gasteiger partial charge is 0.383 e. The summed E-state index contributed by atoms with van der Waals surface area (Å²) in [5.74, 6) is -0.661. The minimum Gasteiger partial charge on any atom is -0.383 e. The summed E-state index contributed by atoms with van der Waals surface area (Å²) in [5, 5.41) is 6.20. The maximum Gasteiger partial charge on any atom is 0.192 e. The third-order valence-corrected chi connectivity index (χ3v) is 7.13. The van der Waals surface area contributed by atoms with Gasteiger partial charge in [0.05, 0.1) is 15.6 Å². The zero-order valence-corrected chi connectivity index (χ0v) is 18.8. The fourth-order valence-corrected chi connectivity index (χ4v) is 5.15. The molecule has 31 heavy (non-hydrogen) atoms. The highest BCUT2D eigenvalue weighted by molar-refractivity contribution is 8.00. The molecule has 0 spiro atoms. The zero-order chi connectivity index (χ0) is 21.8. The molecule has 2 aromatic carbocycles. The molecule has 2 atom stereocenters. The fourth-order valence-electron chi connectivity index (χ4n) is 3.58. The monoisotopic (exact) mass is 478 g/mol. The summed E-state index contributed by atoms with van der Waals surface area (Å²) in [4.78, 5) is 4.49. The summed E-state index contributed by atoms with van der Waals surface area (Å²) >= 11 is 8.97. The van der Waals surface area contributed by atoms with Gasteiger partial charge in [0.2, 0.25) is 0 Å². The molecule has 1 aliphatic rings. The summed E-state index contributed by atoms with van der Waals surface area (Å²) in [5.41, 5.74) is 8.93. The van der Waals surface area contributed by atoms with Crippen molar-refractivity contribution < 1.29 is 8.78 Å². The SMILES string of the molecule is NC1CCC=C(c2ccc(F)cc2)C1CNc1cc(F)c(SNc2nccs2)cc1Cl. The van der Waals surface area contributed by atoms with E-state index >= 15 is 0 Å². The van der Waals surface area contributed by atoms with Crippen molar-refractivity contribution in [1.29, 1.82) is 0 Å². The number of rotatable bonds is 7. The first-order valence-corrected chi connectivity index (χ1v) is 11.9. The lowest BCUT2D eigenvalue weighted by Gasteiger charge is -2.31. The summed E-state index contributed by atoms with van der Waals surface area (Å²) in [6.45, 7) is 0.493. The van der Waals surface area contributed by atoms with E-state index in [1.54, 1.807) is 24.4 Å². The maximum absolute atomic E-state index is 14.6. The predicted octanol–water partition coefficient (Wildman–Crippen LogP) is 6.43. The van der Waals surface area contributed by atoms with Crippen LogP contribution in [-0.4, -0.2) is 17.6 Å². The number of hydrogen-bond acceptors (Lipinski definition) is 6. The highest BCUT2D eigenvalue weighted by Crippen LogP contribution is 2.35. The van der Waals surface area contributed by atoms with E-state index in [9.17, 15) is 8.78 Å². The van der Waals surface area contributed by atoms with Gasteiger partial charge < -0.3 is 15.8 Å². The normalized spacial score (nSPS) is 18.5. The predicted molar refractivity (Wildman–Crippen MR) is 127 cm³/mol. The van der Waals surface area contributed by atoms with Crippen LogP contribution in [0.1, 0.15) is 18.4 Å². The van der Waals surface area contributed by atoms with E-state index in [1.807, 2.05) is 5.38 Å². The van der Waals surface area contributed by atoms with Crippen LogP contribution in [-0.2, 0) is 0 Å². The Hall–Kier alpha value is -2.13. The molecule has 0 amide bonds. The van der Waals surface area contributed by atoms with Crippen molar-refractivity contribution in [2.75, 3.05) is 16.6 Å². The number of benzene rings is 2. The summed E-state index contributed by atoms with van der Waals surface area (Å²) < 4.78 is 31.0. The standard InChI is InChI=1S/C22H21ClF2N4S2/c23-17-10-21(31-29-22-27-8-9-30-22)18(25)11-20(17)28-12-16-15(2-1-3-19(16)26)13-4-6-14(24)7-5-13/h2,4-11,16,19,28H,1,3,12,26H2,(H,27,29). The number of aromatic nitrogens is 1. The molecule has 4 rings (SSSR count). The van der Waals surface area contributed by atoms with Gasteiger partial charge in [-0.2, -0.15) is 0 Å². The van der Waals surface area contributed by atoms with Crippen molar-refractivity contribution >= 4 is 51.3 Å².